The molecule has 2 heterocycles. The van der Waals surface area contributed by atoms with Crippen LogP contribution >= 0.6 is 0 Å². The zero-order chi connectivity index (χ0) is 14.0. The Morgan fingerprint density at radius 3 is 2.55 bits per heavy atom. The lowest BCUT2D eigenvalue weighted by molar-refractivity contribution is -0.178. The Kier molecular flexibility index (Phi) is 3.60. The molecular weight excluding hydrogens is 254 g/mol. The molecule has 5 heteroatoms. The number of aromatic nitrogens is 1. The second-order valence-corrected chi connectivity index (χ2v) is 5.47. The Bertz CT molecular complexity index is 493. The summed E-state index contributed by atoms with van der Waals surface area (Å²) in [5.41, 5.74) is 0.595. The standard InChI is InChI=1S/C15H19N3O2/c1-18(14-3-2-12(10-16)11-17-14)13-4-6-15(7-5-13)19-8-9-20-15/h2-3,11,13H,4-9H2,1H3. The van der Waals surface area contributed by atoms with Gasteiger partial charge in [0, 0.05) is 32.1 Å². The summed E-state index contributed by atoms with van der Waals surface area (Å²) >= 11 is 0. The van der Waals surface area contributed by atoms with Crippen LogP contribution in [0.25, 0.3) is 0 Å². The van der Waals surface area contributed by atoms with Gasteiger partial charge in [0.05, 0.1) is 18.8 Å². The Labute approximate surface area is 119 Å². The fraction of sp³-hybridized carbons (Fsp3) is 0.600. The number of rotatable bonds is 2. The average molecular weight is 273 g/mol. The number of anilines is 1. The maximum atomic E-state index is 8.80. The summed E-state index contributed by atoms with van der Waals surface area (Å²) in [6.07, 6.45) is 5.59. The van der Waals surface area contributed by atoms with Crippen LogP contribution in [0.5, 0.6) is 0 Å². The molecule has 3 rings (SSSR count). The summed E-state index contributed by atoms with van der Waals surface area (Å²) in [6.45, 7) is 1.44. The Balaban J connectivity index is 1.63. The molecule has 0 radical (unpaired) electrons. The molecular formula is C15H19N3O2. The van der Waals surface area contributed by atoms with Crippen LogP contribution in [0.2, 0.25) is 0 Å². The number of hydrogen-bond donors (Lipinski definition) is 0. The van der Waals surface area contributed by atoms with E-state index in [4.69, 9.17) is 14.7 Å². The van der Waals surface area contributed by atoms with E-state index < -0.39 is 0 Å². The molecule has 2 fully saturated rings. The zero-order valence-corrected chi connectivity index (χ0v) is 11.7. The van der Waals surface area contributed by atoms with E-state index in [-0.39, 0.29) is 5.79 Å². The SMILES string of the molecule is CN(c1ccc(C#N)cn1)C1CCC2(CC1)OCCO2. The fourth-order valence-electron chi connectivity index (χ4n) is 3.06. The van der Waals surface area contributed by atoms with Crippen molar-refractivity contribution in [3.63, 3.8) is 0 Å². The highest BCUT2D eigenvalue weighted by molar-refractivity contribution is 5.42. The lowest BCUT2D eigenvalue weighted by Gasteiger charge is -2.39. The highest BCUT2D eigenvalue weighted by Crippen LogP contribution is 2.37. The van der Waals surface area contributed by atoms with Crippen LogP contribution in [0.15, 0.2) is 18.3 Å². The summed E-state index contributed by atoms with van der Waals surface area (Å²) in [5, 5.41) is 8.80. The molecule has 1 aliphatic carbocycles. The molecule has 0 amide bonds. The summed E-state index contributed by atoms with van der Waals surface area (Å²) in [4.78, 5) is 6.55. The summed E-state index contributed by atoms with van der Waals surface area (Å²) in [7, 11) is 2.06. The minimum atomic E-state index is -0.310. The van der Waals surface area contributed by atoms with E-state index in [0.717, 1.165) is 44.7 Å². The van der Waals surface area contributed by atoms with Crippen molar-refractivity contribution in [3.8, 4) is 6.07 Å². The third-order valence-corrected chi connectivity index (χ3v) is 4.32. The summed E-state index contributed by atoms with van der Waals surface area (Å²) in [5.74, 6) is 0.605. The molecule has 0 atom stereocenters. The van der Waals surface area contributed by atoms with Gasteiger partial charge in [0.2, 0.25) is 0 Å². The highest BCUT2D eigenvalue weighted by Gasteiger charge is 2.41. The molecule has 20 heavy (non-hydrogen) atoms. The minimum Gasteiger partial charge on any atom is -0.357 e. The lowest BCUT2D eigenvalue weighted by Crippen LogP contribution is -2.43. The van der Waals surface area contributed by atoms with Crippen molar-refractivity contribution in [2.24, 2.45) is 0 Å². The van der Waals surface area contributed by atoms with E-state index in [2.05, 4.69) is 23.0 Å². The molecule has 2 aliphatic rings. The van der Waals surface area contributed by atoms with Crippen molar-refractivity contribution in [1.82, 2.24) is 4.98 Å². The van der Waals surface area contributed by atoms with Crippen LogP contribution in [0.3, 0.4) is 0 Å². The highest BCUT2D eigenvalue weighted by atomic mass is 16.7. The lowest BCUT2D eigenvalue weighted by atomic mass is 9.89. The van der Waals surface area contributed by atoms with E-state index >= 15 is 0 Å². The van der Waals surface area contributed by atoms with Crippen LogP contribution < -0.4 is 4.90 Å². The molecule has 106 valence electrons. The quantitative estimate of drug-likeness (QED) is 0.825. The van der Waals surface area contributed by atoms with Gasteiger partial charge in [-0.15, -0.1) is 0 Å². The first-order valence-electron chi connectivity index (χ1n) is 7.09. The predicted octanol–water partition coefficient (Wildman–Crippen LogP) is 2.08. The number of ether oxygens (including phenoxy) is 2. The molecule has 0 aromatic carbocycles. The van der Waals surface area contributed by atoms with Gasteiger partial charge in [-0.25, -0.2) is 4.98 Å². The maximum Gasteiger partial charge on any atom is 0.168 e. The number of hydrogen-bond acceptors (Lipinski definition) is 5. The van der Waals surface area contributed by atoms with E-state index in [1.807, 2.05) is 12.1 Å². The monoisotopic (exact) mass is 273 g/mol. The van der Waals surface area contributed by atoms with Crippen LogP contribution in [0.4, 0.5) is 5.82 Å². The van der Waals surface area contributed by atoms with Crippen molar-refractivity contribution >= 4 is 5.82 Å². The predicted molar refractivity (Wildman–Crippen MR) is 74.2 cm³/mol. The minimum absolute atomic E-state index is 0.310. The van der Waals surface area contributed by atoms with Gasteiger partial charge in [-0.3, -0.25) is 0 Å². The van der Waals surface area contributed by atoms with Crippen LogP contribution in [-0.2, 0) is 9.47 Å². The molecule has 1 aliphatic heterocycles. The first-order valence-corrected chi connectivity index (χ1v) is 7.09. The molecule has 1 saturated carbocycles. The van der Waals surface area contributed by atoms with Crippen molar-refractivity contribution in [1.29, 1.82) is 5.26 Å². The van der Waals surface area contributed by atoms with Crippen molar-refractivity contribution < 1.29 is 9.47 Å². The van der Waals surface area contributed by atoms with Gasteiger partial charge in [0.25, 0.3) is 0 Å². The Morgan fingerprint density at radius 1 is 1.30 bits per heavy atom. The van der Waals surface area contributed by atoms with Gasteiger partial charge < -0.3 is 14.4 Å². The first kappa shape index (κ1) is 13.3. The summed E-state index contributed by atoms with van der Waals surface area (Å²) < 4.78 is 11.5. The molecule has 0 unspecified atom stereocenters. The average Bonchev–Trinajstić information content (AvgIpc) is 2.96. The Morgan fingerprint density at radius 2 is 2.00 bits per heavy atom. The first-order chi connectivity index (χ1) is 9.72. The van der Waals surface area contributed by atoms with Gasteiger partial charge >= 0.3 is 0 Å². The fourth-order valence-corrected chi connectivity index (χ4v) is 3.06. The third-order valence-electron chi connectivity index (χ3n) is 4.32. The van der Waals surface area contributed by atoms with E-state index in [9.17, 15) is 0 Å². The second-order valence-electron chi connectivity index (χ2n) is 5.47. The van der Waals surface area contributed by atoms with Crippen LogP contribution in [0, 0.1) is 11.3 Å². The van der Waals surface area contributed by atoms with Gasteiger partial charge in [0.15, 0.2) is 5.79 Å². The number of nitrogens with zero attached hydrogens (tertiary/aromatic N) is 3. The topological polar surface area (TPSA) is 58.4 Å². The molecule has 0 bridgehead atoms. The number of nitriles is 1. The largest absolute Gasteiger partial charge is 0.357 e. The van der Waals surface area contributed by atoms with Gasteiger partial charge in [-0.05, 0) is 25.0 Å². The molecule has 0 N–H and O–H groups in total. The third kappa shape index (κ3) is 2.49. The normalized spacial score (nSPS) is 21.8. The molecule has 1 aromatic heterocycles. The summed E-state index contributed by atoms with van der Waals surface area (Å²) in [6, 6.07) is 6.26. The van der Waals surface area contributed by atoms with Gasteiger partial charge in [-0.1, -0.05) is 0 Å². The zero-order valence-electron chi connectivity index (χ0n) is 11.7. The molecule has 1 saturated heterocycles. The van der Waals surface area contributed by atoms with Crippen molar-refractivity contribution in [2.45, 2.75) is 37.5 Å². The van der Waals surface area contributed by atoms with Gasteiger partial charge in [0.1, 0.15) is 11.9 Å². The smallest absolute Gasteiger partial charge is 0.168 e. The maximum absolute atomic E-state index is 8.80. The van der Waals surface area contributed by atoms with Crippen LogP contribution in [-0.4, -0.2) is 37.1 Å². The Hall–Kier alpha value is -1.64. The molecule has 5 nitrogen and oxygen atoms in total. The van der Waals surface area contributed by atoms with E-state index in [1.54, 1.807) is 6.20 Å². The molecule has 1 spiro atoms. The molecule has 1 aromatic rings. The van der Waals surface area contributed by atoms with Gasteiger partial charge in [-0.2, -0.15) is 5.26 Å². The van der Waals surface area contributed by atoms with Crippen LogP contribution in [0.1, 0.15) is 31.2 Å². The van der Waals surface area contributed by atoms with Crippen molar-refractivity contribution in [3.05, 3.63) is 23.9 Å². The van der Waals surface area contributed by atoms with Crippen molar-refractivity contribution in [2.75, 3.05) is 25.2 Å². The van der Waals surface area contributed by atoms with E-state index in [1.165, 1.54) is 0 Å². The second kappa shape index (κ2) is 5.39. The number of pyridine rings is 1. The van der Waals surface area contributed by atoms with E-state index in [0.29, 0.717) is 11.6 Å².